The molecule has 0 radical (unpaired) electrons. The van der Waals surface area contributed by atoms with Crippen molar-refractivity contribution in [1.29, 1.82) is 0 Å². The summed E-state index contributed by atoms with van der Waals surface area (Å²) in [5, 5.41) is 0. The Labute approximate surface area is 236 Å². The largest absolute Gasteiger partial charge is 1.00 e. The van der Waals surface area contributed by atoms with Gasteiger partial charge in [0.05, 0.1) is 0 Å². The predicted octanol–water partition coefficient (Wildman–Crippen LogP) is 2.43. The summed E-state index contributed by atoms with van der Waals surface area (Å²) in [6.45, 7) is 22.1. The van der Waals surface area contributed by atoms with Gasteiger partial charge in [-0.2, -0.15) is 47.0 Å². The molecule has 0 bridgehead atoms. The van der Waals surface area contributed by atoms with Gasteiger partial charge in [-0.1, -0.05) is 90.1 Å². The van der Waals surface area contributed by atoms with Crippen LogP contribution in [0.5, 0.6) is 0 Å². The average Bonchev–Trinajstić information content (AvgIpc) is 3.21. The van der Waals surface area contributed by atoms with E-state index in [1.165, 1.54) is 47.7 Å². The first kappa shape index (κ1) is 33.1. The summed E-state index contributed by atoms with van der Waals surface area (Å²) in [5.74, 6) is 0. The van der Waals surface area contributed by atoms with Crippen molar-refractivity contribution in [3.05, 3.63) is 88.0 Å². The van der Waals surface area contributed by atoms with E-state index < -0.39 is 0 Å². The van der Waals surface area contributed by atoms with Gasteiger partial charge >= 0.3 is 41.3 Å². The van der Waals surface area contributed by atoms with Crippen molar-refractivity contribution in [1.82, 2.24) is 0 Å². The van der Waals surface area contributed by atoms with Gasteiger partial charge in [-0.05, 0) is 17.4 Å². The van der Waals surface area contributed by atoms with Gasteiger partial charge in [-0.15, -0.1) is 5.56 Å². The van der Waals surface area contributed by atoms with Gasteiger partial charge in [0.1, 0.15) is 0 Å². The maximum atomic E-state index is 3.53. The second-order valence-electron chi connectivity index (χ2n) is 11.3. The van der Waals surface area contributed by atoms with Gasteiger partial charge in [0, 0.05) is 0 Å². The average molecular weight is 575 g/mol. The van der Waals surface area contributed by atoms with Gasteiger partial charge in [-0.3, -0.25) is 0 Å². The number of benzene rings is 2. The van der Waals surface area contributed by atoms with Crippen molar-refractivity contribution in [3.63, 3.8) is 0 Å². The molecule has 4 rings (SSSR count). The summed E-state index contributed by atoms with van der Waals surface area (Å²) in [6, 6.07) is 21.5. The normalized spacial score (nSPS) is 11.4. The monoisotopic (exact) mass is 572 g/mol. The minimum Gasteiger partial charge on any atom is -1.00 e. The van der Waals surface area contributed by atoms with Crippen LogP contribution in [-0.2, 0) is 41.5 Å². The van der Waals surface area contributed by atoms with Crippen LogP contribution in [-0.4, -0.2) is 3.21 Å². The van der Waals surface area contributed by atoms with Crippen molar-refractivity contribution in [2.75, 3.05) is 0 Å². The fourth-order valence-electron chi connectivity index (χ4n) is 3.70. The third-order valence-electron chi connectivity index (χ3n) is 5.59. The van der Waals surface area contributed by atoms with Crippen LogP contribution in [0.4, 0.5) is 0 Å². The topological polar surface area (TPSA) is 0 Å². The molecular formula is C31H40Cl2Zr-2. The van der Waals surface area contributed by atoms with Crippen LogP contribution in [0.3, 0.4) is 0 Å². The smallest absolute Gasteiger partial charge is 0.0635 e. The molecule has 1 aliphatic carbocycles. The van der Waals surface area contributed by atoms with E-state index in [4.69, 9.17) is 0 Å². The van der Waals surface area contributed by atoms with E-state index in [1.54, 1.807) is 24.2 Å². The number of fused-ring (bicyclic) bond motifs is 3. The van der Waals surface area contributed by atoms with Crippen LogP contribution >= 0.6 is 0 Å². The van der Waals surface area contributed by atoms with Crippen molar-refractivity contribution in [2.24, 2.45) is 0 Å². The first-order valence-electron chi connectivity index (χ1n) is 11.6. The minimum absolute atomic E-state index is 0. The number of hydrogen-bond acceptors (Lipinski definition) is 0. The van der Waals surface area contributed by atoms with E-state index >= 15 is 0 Å². The zero-order valence-electron chi connectivity index (χ0n) is 22.6. The molecule has 0 spiro atoms. The van der Waals surface area contributed by atoms with E-state index in [-0.39, 0.29) is 35.6 Å². The molecule has 0 saturated heterocycles. The van der Waals surface area contributed by atoms with Crippen molar-refractivity contribution in [2.45, 2.75) is 86.5 Å². The number of rotatable bonds is 0. The number of halogens is 2. The second-order valence-corrected chi connectivity index (χ2v) is 13.8. The quantitative estimate of drug-likeness (QED) is 0.283. The molecule has 3 aromatic rings. The minimum atomic E-state index is 0. The first-order chi connectivity index (χ1) is 14.7. The summed E-state index contributed by atoms with van der Waals surface area (Å²) in [7, 11) is 0. The van der Waals surface area contributed by atoms with Gasteiger partial charge in [-0.25, -0.2) is 11.6 Å². The van der Waals surface area contributed by atoms with Crippen LogP contribution in [0, 0.1) is 19.9 Å². The second kappa shape index (κ2) is 13.4. The summed E-state index contributed by atoms with van der Waals surface area (Å²) in [5.41, 5.74) is 11.5. The summed E-state index contributed by atoms with van der Waals surface area (Å²) in [6.07, 6.45) is 1.03. The predicted molar refractivity (Wildman–Crippen MR) is 139 cm³/mol. The van der Waals surface area contributed by atoms with Gasteiger partial charge < -0.3 is 24.8 Å². The van der Waals surface area contributed by atoms with Crippen LogP contribution in [0.1, 0.15) is 88.8 Å². The molecule has 0 nitrogen and oxygen atoms in total. The summed E-state index contributed by atoms with van der Waals surface area (Å²) >= 11 is 1.55. The molecule has 0 unspecified atom stereocenters. The Morgan fingerprint density at radius 1 is 0.853 bits per heavy atom. The fraction of sp³-hybridized carbons (Fsp3) is 0.419. The standard InChI is InChI=1S/C21H25.C7H9.C3H6.2ClH.Zr/c1-20(2,3)16-9-7-14-11-15-8-10-17(21(4,5)6)13-19(15)18(14)12-16;1-6-3-4-7(2)5-6;1-3-2;;;/h7,9-10,12-13H,11H2,1-6H3;3-5H,1-2H3;1-2H3;2*1H;/q2*-1;;;;+2/p-2. The number of hydrogen-bond donors (Lipinski definition) is 0. The zero-order chi connectivity index (χ0) is 24.3. The Morgan fingerprint density at radius 3 is 1.79 bits per heavy atom. The van der Waals surface area contributed by atoms with Gasteiger partial charge in [0.25, 0.3) is 0 Å². The maximum Gasteiger partial charge on any atom is -0.0635 e. The van der Waals surface area contributed by atoms with Crippen LogP contribution in [0.15, 0.2) is 48.5 Å². The summed E-state index contributed by atoms with van der Waals surface area (Å²) < 4.78 is 1.51. The third-order valence-corrected chi connectivity index (χ3v) is 5.59. The molecule has 3 heteroatoms. The SMILES string of the molecule is CC(C)(C)c1c[c-]c2c(c1)-c1cc(C(C)(C)C)ccc1C2.C[C](C)=[Zr+2].Cc1c[cH-]c(C)c1.[Cl-].[Cl-]. The Morgan fingerprint density at radius 2 is 1.38 bits per heavy atom. The molecule has 0 saturated carbocycles. The van der Waals surface area contributed by atoms with Gasteiger partial charge in [0.15, 0.2) is 0 Å². The molecule has 0 aromatic heterocycles. The van der Waals surface area contributed by atoms with E-state index in [0.717, 1.165) is 6.42 Å². The van der Waals surface area contributed by atoms with Crippen LogP contribution < -0.4 is 24.8 Å². The Bertz CT molecular complexity index is 994. The Hall–Kier alpha value is -0.877. The molecule has 34 heavy (non-hydrogen) atoms. The molecule has 0 heterocycles. The van der Waals surface area contributed by atoms with E-state index in [9.17, 15) is 0 Å². The number of aryl methyl sites for hydroxylation is 2. The van der Waals surface area contributed by atoms with Gasteiger partial charge in [0.2, 0.25) is 0 Å². The van der Waals surface area contributed by atoms with E-state index in [2.05, 4.69) is 124 Å². The molecule has 3 aromatic carbocycles. The maximum absolute atomic E-state index is 3.53. The van der Waals surface area contributed by atoms with E-state index in [1.807, 2.05) is 0 Å². The molecule has 184 valence electrons. The van der Waals surface area contributed by atoms with Crippen LogP contribution in [0.2, 0.25) is 0 Å². The summed E-state index contributed by atoms with van der Waals surface area (Å²) in [4.78, 5) is 0. The molecule has 0 aliphatic heterocycles. The van der Waals surface area contributed by atoms with Crippen molar-refractivity contribution < 1.29 is 49.0 Å². The van der Waals surface area contributed by atoms with E-state index in [0.29, 0.717) is 0 Å². The Balaban J connectivity index is 0.000000702. The van der Waals surface area contributed by atoms with Crippen LogP contribution in [0.25, 0.3) is 11.1 Å². The third kappa shape index (κ3) is 9.64. The van der Waals surface area contributed by atoms with Crippen molar-refractivity contribution in [3.8, 4) is 11.1 Å². The Kier molecular flexibility index (Phi) is 13.1. The molecule has 1 aliphatic rings. The molecular weight excluding hydrogens is 534 g/mol. The molecule has 0 fully saturated rings. The zero-order valence-corrected chi connectivity index (χ0v) is 26.6. The molecule has 0 atom stereocenters. The molecule has 0 amide bonds. The van der Waals surface area contributed by atoms with Crippen molar-refractivity contribution >= 4 is 3.21 Å². The fourth-order valence-corrected chi connectivity index (χ4v) is 3.70. The first-order valence-corrected chi connectivity index (χ1v) is 12.8. The molecule has 0 N–H and O–H groups in total.